The van der Waals surface area contributed by atoms with Gasteiger partial charge in [-0.3, -0.25) is 9.69 Å². The molecule has 0 bridgehead atoms. The zero-order valence-corrected chi connectivity index (χ0v) is 19.3. The summed E-state index contributed by atoms with van der Waals surface area (Å²) in [4.78, 5) is 15.0. The number of piperidine rings is 1. The number of carbonyl (C=O) groups is 1. The maximum atomic E-state index is 12.8. The number of ether oxygens (including phenoxy) is 2. The fraction of sp³-hybridized carbons (Fsp3) is 0.375. The summed E-state index contributed by atoms with van der Waals surface area (Å²) in [6, 6.07) is 17.2. The highest BCUT2D eigenvalue weighted by molar-refractivity contribution is 7.71. The van der Waals surface area contributed by atoms with Crippen LogP contribution in [0.1, 0.15) is 24.8 Å². The van der Waals surface area contributed by atoms with Crippen molar-refractivity contribution in [2.24, 2.45) is 13.0 Å². The van der Waals surface area contributed by atoms with Crippen LogP contribution >= 0.6 is 12.2 Å². The lowest BCUT2D eigenvalue weighted by Gasteiger charge is -2.31. The molecule has 0 radical (unpaired) electrons. The van der Waals surface area contributed by atoms with Gasteiger partial charge in [0.15, 0.2) is 28.2 Å². The van der Waals surface area contributed by atoms with Crippen molar-refractivity contribution < 1.29 is 14.3 Å². The van der Waals surface area contributed by atoms with E-state index in [0.29, 0.717) is 30.3 Å². The van der Waals surface area contributed by atoms with E-state index in [2.05, 4.69) is 10.2 Å². The molecule has 33 heavy (non-hydrogen) atoms. The van der Waals surface area contributed by atoms with E-state index in [9.17, 15) is 4.79 Å². The monoisotopic (exact) mass is 465 g/mol. The zero-order chi connectivity index (χ0) is 22.8. The molecule has 2 aliphatic rings. The first-order chi connectivity index (χ1) is 16.1. The van der Waals surface area contributed by atoms with Gasteiger partial charge in [-0.15, -0.1) is 0 Å². The van der Waals surface area contributed by atoms with Crippen molar-refractivity contribution in [1.82, 2.24) is 19.2 Å². The Kier molecular flexibility index (Phi) is 6.15. The number of hydrogen-bond donors (Lipinski definition) is 1. The number of likely N-dealkylation sites (tertiary alicyclic amines) is 1. The lowest BCUT2D eigenvalue weighted by atomic mass is 9.97. The minimum absolute atomic E-state index is 0.0580. The Balaban J connectivity index is 1.26. The van der Waals surface area contributed by atoms with Crippen LogP contribution in [0.5, 0.6) is 11.5 Å². The van der Waals surface area contributed by atoms with E-state index < -0.39 is 0 Å². The summed E-state index contributed by atoms with van der Waals surface area (Å²) in [5, 5.41) is 7.79. The topological polar surface area (TPSA) is 73.5 Å². The van der Waals surface area contributed by atoms with E-state index in [1.54, 1.807) is 0 Å². The second-order valence-electron chi connectivity index (χ2n) is 8.48. The molecule has 3 heterocycles. The van der Waals surface area contributed by atoms with Crippen molar-refractivity contribution in [3.8, 4) is 11.5 Å². The third-order valence-corrected chi connectivity index (χ3v) is 6.61. The quantitative estimate of drug-likeness (QED) is 0.579. The minimum Gasteiger partial charge on any atom is -0.485 e. The first-order valence-corrected chi connectivity index (χ1v) is 11.6. The van der Waals surface area contributed by atoms with Gasteiger partial charge in [0, 0.05) is 19.3 Å². The van der Waals surface area contributed by atoms with Gasteiger partial charge < -0.3 is 19.4 Å². The molecule has 1 N–H and O–H groups in total. The smallest absolute Gasteiger partial charge is 0.228 e. The van der Waals surface area contributed by atoms with Crippen molar-refractivity contribution in [2.75, 3.05) is 25.0 Å². The summed E-state index contributed by atoms with van der Waals surface area (Å²) >= 11 is 5.66. The molecule has 172 valence electrons. The highest BCUT2D eigenvalue weighted by atomic mass is 32.1. The minimum atomic E-state index is -0.335. The van der Waals surface area contributed by atoms with Crippen LogP contribution in [0.3, 0.4) is 0 Å². The van der Waals surface area contributed by atoms with Crippen LogP contribution < -0.4 is 14.8 Å². The maximum absolute atomic E-state index is 12.8. The molecule has 5 rings (SSSR count). The fourth-order valence-electron chi connectivity index (χ4n) is 4.38. The van der Waals surface area contributed by atoms with Gasteiger partial charge in [-0.25, -0.2) is 4.68 Å². The molecule has 0 spiro atoms. The Labute approximate surface area is 197 Å². The third-order valence-electron chi connectivity index (χ3n) is 6.12. The molecule has 1 aromatic heterocycles. The number of aromatic nitrogens is 3. The number of benzene rings is 2. The summed E-state index contributed by atoms with van der Waals surface area (Å²) in [5.41, 5.74) is 0.826. The van der Waals surface area contributed by atoms with E-state index in [-0.39, 0.29) is 17.9 Å². The normalized spacial score (nSPS) is 20.4. The molecule has 9 heteroatoms. The Hall–Kier alpha value is -3.17. The lowest BCUT2D eigenvalue weighted by molar-refractivity contribution is -0.121. The number of carbonyl (C=O) groups excluding carboxylic acids is 1. The molecule has 2 atom stereocenters. The average Bonchev–Trinajstić information content (AvgIpc) is 3.13. The second kappa shape index (κ2) is 9.36. The predicted molar refractivity (Wildman–Crippen MR) is 127 cm³/mol. The van der Waals surface area contributed by atoms with Gasteiger partial charge >= 0.3 is 0 Å². The van der Waals surface area contributed by atoms with E-state index in [0.717, 1.165) is 36.6 Å². The van der Waals surface area contributed by atoms with Crippen LogP contribution in [0, 0.1) is 10.7 Å². The van der Waals surface area contributed by atoms with E-state index in [1.165, 1.54) is 0 Å². The summed E-state index contributed by atoms with van der Waals surface area (Å²) in [6.07, 6.45) is 1.50. The number of nitrogens with one attached hydrogen (secondary N) is 1. The molecule has 0 aliphatic carbocycles. The van der Waals surface area contributed by atoms with Gasteiger partial charge in [0.05, 0.1) is 12.6 Å². The zero-order valence-electron chi connectivity index (χ0n) is 18.5. The maximum Gasteiger partial charge on any atom is 0.228 e. The van der Waals surface area contributed by atoms with E-state index >= 15 is 0 Å². The van der Waals surface area contributed by atoms with Crippen molar-refractivity contribution >= 4 is 23.8 Å². The first-order valence-electron chi connectivity index (χ1n) is 11.2. The molecule has 1 amide bonds. The van der Waals surface area contributed by atoms with Crippen molar-refractivity contribution in [1.29, 1.82) is 0 Å². The summed E-state index contributed by atoms with van der Waals surface area (Å²) < 4.78 is 16.3. The van der Waals surface area contributed by atoms with E-state index in [4.69, 9.17) is 26.8 Å². The van der Waals surface area contributed by atoms with Crippen molar-refractivity contribution in [3.63, 3.8) is 0 Å². The SMILES string of the molecule is Cn1c([C@@H]2COc3ccccc3O2)nn(CN2CCC[C@H](C(=O)Nc3ccccc3)C2)c1=S. The second-order valence-corrected chi connectivity index (χ2v) is 8.84. The standard InChI is InChI=1S/C24H27N5O3S/c1-27-22(21-15-31-19-11-5-6-12-20(19)32-21)26-29(24(27)33)16-28-13-7-8-17(14-28)23(30)25-18-9-3-2-4-10-18/h2-6,9-12,17,21H,7-8,13-16H2,1H3,(H,25,30)/t17-,21-/m0/s1. The number of amides is 1. The number of fused-ring (bicyclic) bond motifs is 1. The number of hydrogen-bond acceptors (Lipinski definition) is 6. The molecular formula is C24H27N5O3S. The molecule has 3 aromatic rings. The van der Waals surface area contributed by atoms with Crippen LogP contribution in [0.25, 0.3) is 0 Å². The molecule has 0 saturated carbocycles. The molecule has 1 fully saturated rings. The van der Waals surface area contributed by atoms with Gasteiger partial charge in [0.25, 0.3) is 0 Å². The number of para-hydroxylation sites is 3. The first kappa shape index (κ1) is 21.7. The molecule has 2 aliphatic heterocycles. The molecule has 2 aromatic carbocycles. The third kappa shape index (κ3) is 4.65. The Morgan fingerprint density at radius 2 is 1.91 bits per heavy atom. The molecule has 0 unspecified atom stereocenters. The number of anilines is 1. The fourth-order valence-corrected chi connectivity index (χ4v) is 4.57. The van der Waals surface area contributed by atoms with Gasteiger partial charge in [-0.05, 0) is 55.9 Å². The Bertz CT molecular complexity index is 1190. The largest absolute Gasteiger partial charge is 0.485 e. The van der Waals surface area contributed by atoms with Crippen molar-refractivity contribution in [2.45, 2.75) is 25.6 Å². The Morgan fingerprint density at radius 1 is 1.15 bits per heavy atom. The van der Waals surface area contributed by atoms with Crippen LogP contribution in [0.2, 0.25) is 0 Å². The van der Waals surface area contributed by atoms with Crippen LogP contribution in [0.4, 0.5) is 5.69 Å². The van der Waals surface area contributed by atoms with Gasteiger partial charge in [0.2, 0.25) is 5.91 Å². The predicted octanol–water partition coefficient (Wildman–Crippen LogP) is 3.77. The Morgan fingerprint density at radius 3 is 2.73 bits per heavy atom. The van der Waals surface area contributed by atoms with Gasteiger partial charge in [-0.1, -0.05) is 30.3 Å². The van der Waals surface area contributed by atoms with Crippen molar-refractivity contribution in [3.05, 3.63) is 65.2 Å². The molecule has 8 nitrogen and oxygen atoms in total. The highest BCUT2D eigenvalue weighted by Gasteiger charge is 2.29. The lowest BCUT2D eigenvalue weighted by Crippen LogP contribution is -2.41. The number of nitrogens with zero attached hydrogens (tertiary/aromatic N) is 4. The average molecular weight is 466 g/mol. The molecule has 1 saturated heterocycles. The summed E-state index contributed by atoms with van der Waals surface area (Å²) in [7, 11) is 1.90. The summed E-state index contributed by atoms with van der Waals surface area (Å²) in [5.74, 6) is 2.16. The molecular weight excluding hydrogens is 438 g/mol. The van der Waals surface area contributed by atoms with Crippen LogP contribution in [-0.2, 0) is 18.5 Å². The summed E-state index contributed by atoms with van der Waals surface area (Å²) in [6.45, 7) is 2.48. The van der Waals surface area contributed by atoms with Gasteiger partial charge in [0.1, 0.15) is 6.61 Å². The van der Waals surface area contributed by atoms with Crippen LogP contribution in [-0.4, -0.2) is 44.9 Å². The highest BCUT2D eigenvalue weighted by Crippen LogP contribution is 2.35. The van der Waals surface area contributed by atoms with E-state index in [1.807, 2.05) is 70.9 Å². The van der Waals surface area contributed by atoms with Crippen LogP contribution in [0.15, 0.2) is 54.6 Å². The van der Waals surface area contributed by atoms with Gasteiger partial charge in [-0.2, -0.15) is 5.10 Å². The number of rotatable bonds is 5.